The maximum absolute atomic E-state index is 4.46. The second-order valence-electron chi connectivity index (χ2n) is 4.60. The fourth-order valence-electron chi connectivity index (χ4n) is 2.25. The highest BCUT2D eigenvalue weighted by Gasteiger charge is 2.24. The number of aryl methyl sites for hydroxylation is 1. The Balaban J connectivity index is 1.75. The first-order valence-electron chi connectivity index (χ1n) is 6.14. The van der Waals surface area contributed by atoms with Gasteiger partial charge < -0.3 is 5.32 Å². The van der Waals surface area contributed by atoms with Crippen molar-refractivity contribution in [2.24, 2.45) is 0 Å². The van der Waals surface area contributed by atoms with Gasteiger partial charge >= 0.3 is 0 Å². The number of aromatic nitrogens is 1. The third-order valence-electron chi connectivity index (χ3n) is 3.16. The lowest BCUT2D eigenvalue weighted by atomic mass is 10.1. The van der Waals surface area contributed by atoms with Crippen LogP contribution in [0.15, 0.2) is 35.4 Å². The van der Waals surface area contributed by atoms with Crippen molar-refractivity contribution in [3.05, 3.63) is 45.9 Å². The summed E-state index contributed by atoms with van der Waals surface area (Å²) in [6.45, 7) is 4.30. The van der Waals surface area contributed by atoms with Crippen molar-refractivity contribution in [1.82, 2.24) is 10.3 Å². The van der Waals surface area contributed by atoms with E-state index in [0.29, 0.717) is 12.1 Å². The maximum atomic E-state index is 4.46. The van der Waals surface area contributed by atoms with Gasteiger partial charge in [0, 0.05) is 27.8 Å². The van der Waals surface area contributed by atoms with E-state index in [2.05, 4.69) is 48.4 Å². The highest BCUT2D eigenvalue weighted by atomic mass is 32.2. The highest BCUT2D eigenvalue weighted by molar-refractivity contribution is 7.99. The number of thioether (sulfide) groups is 1. The normalized spacial score (nSPS) is 19.8. The van der Waals surface area contributed by atoms with Crippen LogP contribution in [0.5, 0.6) is 0 Å². The topological polar surface area (TPSA) is 24.9 Å². The molecule has 0 fully saturated rings. The number of thiazole rings is 1. The fraction of sp³-hybridized carbons (Fsp3) is 0.357. The van der Waals surface area contributed by atoms with Crippen molar-refractivity contribution < 1.29 is 0 Å². The largest absolute Gasteiger partial charge is 0.300 e. The second-order valence-corrected chi connectivity index (χ2v) is 6.93. The Morgan fingerprint density at radius 1 is 1.39 bits per heavy atom. The van der Waals surface area contributed by atoms with Gasteiger partial charge in [-0.1, -0.05) is 18.2 Å². The van der Waals surface area contributed by atoms with Gasteiger partial charge in [0.15, 0.2) is 0 Å². The summed E-state index contributed by atoms with van der Waals surface area (Å²) in [6, 6.07) is 9.44. The molecule has 18 heavy (non-hydrogen) atoms. The lowest BCUT2D eigenvalue weighted by Crippen LogP contribution is -2.24. The molecule has 2 nitrogen and oxygen atoms in total. The van der Waals surface area contributed by atoms with Crippen molar-refractivity contribution in [3.63, 3.8) is 0 Å². The molecule has 1 aromatic carbocycles. The van der Waals surface area contributed by atoms with Crippen LogP contribution < -0.4 is 5.32 Å². The van der Waals surface area contributed by atoms with Crippen LogP contribution >= 0.6 is 23.1 Å². The van der Waals surface area contributed by atoms with Gasteiger partial charge in [-0.2, -0.15) is 0 Å². The molecule has 0 saturated heterocycles. The minimum absolute atomic E-state index is 0.320. The summed E-state index contributed by atoms with van der Waals surface area (Å²) in [5, 5.41) is 4.87. The molecule has 0 aliphatic carbocycles. The molecular formula is C14H16N2S2. The van der Waals surface area contributed by atoms with Crippen molar-refractivity contribution >= 4 is 23.1 Å². The number of rotatable bonds is 3. The Bertz CT molecular complexity index is 550. The molecule has 2 unspecified atom stereocenters. The second kappa shape index (κ2) is 5.03. The van der Waals surface area contributed by atoms with E-state index in [1.54, 1.807) is 11.3 Å². The quantitative estimate of drug-likeness (QED) is 0.919. The Hall–Kier alpha value is -0.840. The van der Waals surface area contributed by atoms with Crippen LogP contribution in [-0.2, 0) is 0 Å². The van der Waals surface area contributed by atoms with E-state index in [0.717, 1.165) is 5.75 Å². The molecule has 0 saturated carbocycles. The molecule has 2 heterocycles. The average molecular weight is 276 g/mol. The van der Waals surface area contributed by atoms with Crippen LogP contribution in [0.2, 0.25) is 0 Å². The van der Waals surface area contributed by atoms with Crippen LogP contribution in [0.3, 0.4) is 0 Å². The van der Waals surface area contributed by atoms with Crippen LogP contribution in [0, 0.1) is 6.92 Å². The molecule has 1 aliphatic rings. The van der Waals surface area contributed by atoms with E-state index in [1.165, 1.54) is 20.3 Å². The first kappa shape index (κ1) is 12.2. The zero-order chi connectivity index (χ0) is 12.5. The van der Waals surface area contributed by atoms with Gasteiger partial charge in [-0.3, -0.25) is 0 Å². The van der Waals surface area contributed by atoms with Crippen molar-refractivity contribution in [2.75, 3.05) is 5.75 Å². The summed E-state index contributed by atoms with van der Waals surface area (Å²) in [5.41, 5.74) is 1.43. The maximum Gasteiger partial charge on any atom is 0.109 e. The number of benzene rings is 1. The molecule has 0 radical (unpaired) electrons. The molecule has 0 spiro atoms. The van der Waals surface area contributed by atoms with E-state index < -0.39 is 0 Å². The lowest BCUT2D eigenvalue weighted by molar-refractivity contribution is 0.499. The number of hydrogen-bond acceptors (Lipinski definition) is 4. The van der Waals surface area contributed by atoms with Crippen molar-refractivity contribution in [3.8, 4) is 0 Å². The Kier molecular flexibility index (Phi) is 3.41. The first-order chi connectivity index (χ1) is 8.74. The molecule has 3 rings (SSSR count). The molecule has 1 N–H and O–H groups in total. The molecular weight excluding hydrogens is 260 g/mol. The number of nitrogens with one attached hydrogen (secondary N) is 1. The Labute approximate surface area is 116 Å². The summed E-state index contributed by atoms with van der Waals surface area (Å²) in [7, 11) is 0. The molecule has 1 aromatic heterocycles. The summed E-state index contributed by atoms with van der Waals surface area (Å²) in [4.78, 5) is 7.15. The third kappa shape index (κ3) is 2.32. The Morgan fingerprint density at radius 3 is 3.00 bits per heavy atom. The van der Waals surface area contributed by atoms with E-state index in [4.69, 9.17) is 0 Å². The van der Waals surface area contributed by atoms with Crippen molar-refractivity contribution in [2.45, 2.75) is 30.8 Å². The number of fused-ring (bicyclic) bond motifs is 1. The standard InChI is InChI=1S/C14H16N2S2/c1-9-7-15-14(18-9)10(2)16-12-8-17-13-6-4-3-5-11(12)13/h3-7,10,12,16H,8H2,1-2H3. The summed E-state index contributed by atoms with van der Waals surface area (Å²) < 4.78 is 0. The minimum Gasteiger partial charge on any atom is -0.300 e. The molecule has 0 bridgehead atoms. The van der Waals surface area contributed by atoms with Crippen LogP contribution in [0.25, 0.3) is 0 Å². The number of hydrogen-bond donors (Lipinski definition) is 1. The smallest absolute Gasteiger partial charge is 0.109 e. The van der Waals surface area contributed by atoms with Gasteiger partial charge in [0.1, 0.15) is 5.01 Å². The van der Waals surface area contributed by atoms with Crippen molar-refractivity contribution in [1.29, 1.82) is 0 Å². The van der Waals surface area contributed by atoms with Gasteiger partial charge in [0.05, 0.1) is 6.04 Å². The zero-order valence-electron chi connectivity index (χ0n) is 10.5. The predicted molar refractivity (Wildman–Crippen MR) is 78.3 cm³/mol. The van der Waals surface area contributed by atoms with E-state index >= 15 is 0 Å². The van der Waals surface area contributed by atoms with Gasteiger partial charge in [-0.25, -0.2) is 4.98 Å². The average Bonchev–Trinajstić information content (AvgIpc) is 2.97. The lowest BCUT2D eigenvalue weighted by Gasteiger charge is -2.18. The van der Waals surface area contributed by atoms with Gasteiger partial charge in [-0.15, -0.1) is 23.1 Å². The molecule has 94 valence electrons. The number of nitrogens with zero attached hydrogens (tertiary/aromatic N) is 1. The van der Waals surface area contributed by atoms with Crippen LogP contribution in [0.4, 0.5) is 0 Å². The first-order valence-corrected chi connectivity index (χ1v) is 7.94. The SMILES string of the molecule is Cc1cnc(C(C)NC2CSc3ccccc32)s1. The molecule has 2 aromatic rings. The highest BCUT2D eigenvalue weighted by Crippen LogP contribution is 2.39. The summed E-state index contributed by atoms with van der Waals surface area (Å²) in [6.07, 6.45) is 1.95. The van der Waals surface area contributed by atoms with Crippen LogP contribution in [0.1, 0.15) is 34.5 Å². The molecule has 0 amide bonds. The summed E-state index contributed by atoms with van der Waals surface area (Å²) >= 11 is 3.72. The van der Waals surface area contributed by atoms with Gasteiger partial charge in [0.25, 0.3) is 0 Å². The predicted octanol–water partition coefficient (Wildman–Crippen LogP) is 3.95. The summed E-state index contributed by atoms with van der Waals surface area (Å²) in [5.74, 6) is 1.12. The van der Waals surface area contributed by atoms with E-state index in [-0.39, 0.29) is 0 Å². The third-order valence-corrected chi connectivity index (χ3v) is 5.44. The van der Waals surface area contributed by atoms with Gasteiger partial charge in [0.2, 0.25) is 0 Å². The van der Waals surface area contributed by atoms with Crippen LogP contribution in [-0.4, -0.2) is 10.7 Å². The van der Waals surface area contributed by atoms with Gasteiger partial charge in [-0.05, 0) is 25.5 Å². The monoisotopic (exact) mass is 276 g/mol. The van der Waals surface area contributed by atoms with E-state index in [1.807, 2.05) is 18.0 Å². The minimum atomic E-state index is 0.320. The van der Waals surface area contributed by atoms with E-state index in [9.17, 15) is 0 Å². The fourth-order valence-corrected chi connectivity index (χ4v) is 4.21. The zero-order valence-corrected chi connectivity index (χ0v) is 12.1. The molecule has 2 atom stereocenters. The molecule has 1 aliphatic heterocycles. The molecule has 4 heteroatoms. The Morgan fingerprint density at radius 2 is 2.22 bits per heavy atom.